The van der Waals surface area contributed by atoms with Crippen LogP contribution in [0.25, 0.3) is 0 Å². The van der Waals surface area contributed by atoms with Gasteiger partial charge in [-0.1, -0.05) is 55.5 Å². The normalized spacial score (nSPS) is 11.7. The number of aryl methyl sites for hydroxylation is 1. The zero-order valence-corrected chi connectivity index (χ0v) is 12.7. The molecule has 0 bridgehead atoms. The summed E-state index contributed by atoms with van der Waals surface area (Å²) in [5.74, 6) is 0. The summed E-state index contributed by atoms with van der Waals surface area (Å²) in [6.45, 7) is 4.25. The van der Waals surface area contributed by atoms with Gasteiger partial charge in [-0.3, -0.25) is 0 Å². The highest BCUT2D eigenvalue weighted by atomic mass is 32.1. The molecule has 0 aliphatic carbocycles. The molecule has 0 radical (unpaired) electrons. The first-order valence-corrected chi connectivity index (χ1v) is 7.32. The molecule has 0 aliphatic heterocycles. The van der Waals surface area contributed by atoms with Crippen molar-refractivity contribution in [2.45, 2.75) is 26.3 Å². The van der Waals surface area contributed by atoms with Gasteiger partial charge in [-0.05, 0) is 42.8 Å². The van der Waals surface area contributed by atoms with Crippen LogP contribution in [0.2, 0.25) is 0 Å². The molecular formula is C17H20N2S. The maximum absolute atomic E-state index is 5.40. The summed E-state index contributed by atoms with van der Waals surface area (Å²) in [6.07, 6.45) is 0.986. The van der Waals surface area contributed by atoms with Crippen molar-refractivity contribution in [1.29, 1.82) is 0 Å². The van der Waals surface area contributed by atoms with Crippen molar-refractivity contribution in [3.05, 3.63) is 65.7 Å². The second-order valence-electron chi connectivity index (χ2n) is 4.74. The average Bonchev–Trinajstić information content (AvgIpc) is 2.48. The summed E-state index contributed by atoms with van der Waals surface area (Å²) in [4.78, 5) is 0. The minimum atomic E-state index is 0.185. The minimum Gasteiger partial charge on any atom is -0.356 e. The van der Waals surface area contributed by atoms with Crippen LogP contribution in [0.3, 0.4) is 0 Å². The van der Waals surface area contributed by atoms with Gasteiger partial charge in [0.2, 0.25) is 0 Å². The van der Waals surface area contributed by atoms with E-state index in [-0.39, 0.29) is 6.04 Å². The lowest BCUT2D eigenvalue weighted by molar-refractivity contribution is 0.722. The highest BCUT2D eigenvalue weighted by molar-refractivity contribution is 7.80. The summed E-state index contributed by atoms with van der Waals surface area (Å²) >= 11 is 5.40. The van der Waals surface area contributed by atoms with E-state index in [9.17, 15) is 0 Å². The number of rotatable bonds is 4. The van der Waals surface area contributed by atoms with E-state index in [1.54, 1.807) is 0 Å². The maximum Gasteiger partial charge on any atom is 0.171 e. The third kappa shape index (κ3) is 3.81. The lowest BCUT2D eigenvalue weighted by atomic mass is 10.1. The van der Waals surface area contributed by atoms with Crippen LogP contribution in [0, 0.1) is 0 Å². The summed E-state index contributed by atoms with van der Waals surface area (Å²) < 4.78 is 0. The van der Waals surface area contributed by atoms with E-state index in [2.05, 4.69) is 48.7 Å². The van der Waals surface area contributed by atoms with Crippen molar-refractivity contribution in [2.24, 2.45) is 0 Å². The lowest BCUT2D eigenvalue weighted by Crippen LogP contribution is -2.31. The lowest BCUT2D eigenvalue weighted by Gasteiger charge is -2.18. The Balaban J connectivity index is 1.99. The molecule has 0 saturated carbocycles. The van der Waals surface area contributed by atoms with Gasteiger partial charge >= 0.3 is 0 Å². The molecule has 2 N–H and O–H groups in total. The van der Waals surface area contributed by atoms with E-state index in [1.165, 1.54) is 11.1 Å². The fourth-order valence-corrected chi connectivity index (χ4v) is 2.42. The van der Waals surface area contributed by atoms with E-state index in [4.69, 9.17) is 12.2 Å². The van der Waals surface area contributed by atoms with Crippen LogP contribution in [-0.4, -0.2) is 5.11 Å². The fourth-order valence-electron chi connectivity index (χ4n) is 2.13. The second-order valence-corrected chi connectivity index (χ2v) is 5.15. The second kappa shape index (κ2) is 7.06. The number of nitrogens with one attached hydrogen (secondary N) is 2. The van der Waals surface area contributed by atoms with Crippen LogP contribution < -0.4 is 10.6 Å². The van der Waals surface area contributed by atoms with Crippen LogP contribution >= 0.6 is 12.2 Å². The summed E-state index contributed by atoms with van der Waals surface area (Å²) in [5, 5.41) is 7.25. The topological polar surface area (TPSA) is 24.1 Å². The molecule has 1 atom stereocenters. The van der Waals surface area contributed by atoms with E-state index in [0.717, 1.165) is 12.1 Å². The van der Waals surface area contributed by atoms with Crippen molar-refractivity contribution in [1.82, 2.24) is 5.32 Å². The van der Waals surface area contributed by atoms with Gasteiger partial charge < -0.3 is 10.6 Å². The molecule has 20 heavy (non-hydrogen) atoms. The van der Waals surface area contributed by atoms with Gasteiger partial charge in [-0.25, -0.2) is 0 Å². The number of hydrogen-bond donors (Lipinski definition) is 2. The summed E-state index contributed by atoms with van der Waals surface area (Å²) in [7, 11) is 0. The fraction of sp³-hybridized carbons (Fsp3) is 0.235. The van der Waals surface area contributed by atoms with Gasteiger partial charge in [0.25, 0.3) is 0 Å². The number of thiocarbonyl (C=S) groups is 1. The van der Waals surface area contributed by atoms with Crippen molar-refractivity contribution in [3.63, 3.8) is 0 Å². The summed E-state index contributed by atoms with van der Waals surface area (Å²) in [6, 6.07) is 18.7. The van der Waals surface area contributed by atoms with E-state index >= 15 is 0 Å². The number of hydrogen-bond acceptors (Lipinski definition) is 1. The molecular weight excluding hydrogens is 264 g/mol. The van der Waals surface area contributed by atoms with E-state index < -0.39 is 0 Å². The van der Waals surface area contributed by atoms with Crippen LogP contribution in [0.15, 0.2) is 54.6 Å². The number of anilines is 1. The first-order valence-electron chi connectivity index (χ1n) is 6.91. The Bertz CT molecular complexity index is 566. The van der Waals surface area contributed by atoms with Gasteiger partial charge in [0.1, 0.15) is 0 Å². The smallest absolute Gasteiger partial charge is 0.171 e. The predicted molar refractivity (Wildman–Crippen MR) is 90.0 cm³/mol. The Morgan fingerprint density at radius 1 is 1.05 bits per heavy atom. The van der Waals surface area contributed by atoms with Gasteiger partial charge in [0, 0.05) is 5.69 Å². The standard InChI is InChI=1S/C17H20N2S/c1-3-14-9-7-8-12-16(14)19-17(20)18-13(2)15-10-5-4-6-11-15/h4-13H,3H2,1-2H3,(H2,18,19,20)/t13-/m0/s1. The first kappa shape index (κ1) is 14.5. The molecule has 2 nitrogen and oxygen atoms in total. The predicted octanol–water partition coefficient (Wildman–Crippen LogP) is 4.30. The largest absolute Gasteiger partial charge is 0.356 e. The van der Waals surface area contributed by atoms with Crippen molar-refractivity contribution < 1.29 is 0 Å². The molecule has 0 aliphatic rings. The number of para-hydroxylation sites is 1. The van der Waals surface area contributed by atoms with Crippen molar-refractivity contribution >= 4 is 23.0 Å². The van der Waals surface area contributed by atoms with Gasteiger partial charge in [-0.2, -0.15) is 0 Å². The van der Waals surface area contributed by atoms with Gasteiger partial charge in [0.05, 0.1) is 6.04 Å². The third-order valence-corrected chi connectivity index (χ3v) is 3.51. The van der Waals surface area contributed by atoms with Gasteiger partial charge in [-0.15, -0.1) is 0 Å². The van der Waals surface area contributed by atoms with Crippen LogP contribution in [0.1, 0.15) is 31.0 Å². The molecule has 0 spiro atoms. The molecule has 0 aromatic heterocycles. The molecule has 2 aromatic carbocycles. The molecule has 0 unspecified atom stereocenters. The third-order valence-electron chi connectivity index (χ3n) is 3.29. The summed E-state index contributed by atoms with van der Waals surface area (Å²) in [5.41, 5.74) is 3.57. The van der Waals surface area contributed by atoms with Gasteiger partial charge in [0.15, 0.2) is 5.11 Å². The van der Waals surface area contributed by atoms with Crippen LogP contribution in [-0.2, 0) is 6.42 Å². The first-order chi connectivity index (χ1) is 9.70. The Morgan fingerprint density at radius 2 is 1.70 bits per heavy atom. The zero-order valence-electron chi connectivity index (χ0n) is 11.9. The molecule has 0 fully saturated rings. The highest BCUT2D eigenvalue weighted by Gasteiger charge is 2.07. The Hall–Kier alpha value is -1.87. The molecule has 3 heteroatoms. The maximum atomic E-state index is 5.40. The molecule has 0 saturated heterocycles. The van der Waals surface area contributed by atoms with E-state index in [1.807, 2.05) is 30.3 Å². The Morgan fingerprint density at radius 3 is 2.40 bits per heavy atom. The monoisotopic (exact) mass is 284 g/mol. The Kier molecular flexibility index (Phi) is 5.13. The molecule has 2 rings (SSSR count). The zero-order chi connectivity index (χ0) is 14.4. The quantitative estimate of drug-likeness (QED) is 0.819. The Labute approximate surface area is 126 Å². The van der Waals surface area contributed by atoms with Crippen molar-refractivity contribution in [2.75, 3.05) is 5.32 Å². The molecule has 104 valence electrons. The SMILES string of the molecule is CCc1ccccc1NC(=S)N[C@@H](C)c1ccccc1. The van der Waals surface area contributed by atoms with Crippen molar-refractivity contribution in [3.8, 4) is 0 Å². The average molecular weight is 284 g/mol. The minimum absolute atomic E-state index is 0.185. The number of benzene rings is 2. The van der Waals surface area contributed by atoms with Crippen LogP contribution in [0.5, 0.6) is 0 Å². The molecule has 0 heterocycles. The molecule has 2 aromatic rings. The van der Waals surface area contributed by atoms with Crippen LogP contribution in [0.4, 0.5) is 5.69 Å². The highest BCUT2D eigenvalue weighted by Crippen LogP contribution is 2.16. The van der Waals surface area contributed by atoms with E-state index in [0.29, 0.717) is 5.11 Å². The molecule has 0 amide bonds.